The second kappa shape index (κ2) is 7.52. The summed E-state index contributed by atoms with van der Waals surface area (Å²) in [5, 5.41) is 5.43. The van der Waals surface area contributed by atoms with Crippen molar-refractivity contribution in [2.45, 2.75) is 38.1 Å². The number of thiophene rings is 1. The number of hydrogen-bond donors (Lipinski definition) is 0. The normalized spacial score (nSPS) is 11.4. The monoisotopic (exact) mass is 412 g/mol. The van der Waals surface area contributed by atoms with Crippen LogP contribution in [0.15, 0.2) is 38.7 Å². The van der Waals surface area contributed by atoms with Gasteiger partial charge in [0.25, 0.3) is 5.56 Å². The molecule has 0 saturated carbocycles. The van der Waals surface area contributed by atoms with E-state index < -0.39 is 0 Å². The summed E-state index contributed by atoms with van der Waals surface area (Å²) in [5.41, 5.74) is 3.19. The van der Waals surface area contributed by atoms with Crippen molar-refractivity contribution in [3.05, 3.63) is 56.5 Å². The largest absolute Gasteiger partial charge is 0.338 e. The molecule has 0 aliphatic carbocycles. The number of rotatable bonds is 5. The smallest absolute Gasteiger partial charge is 0.262 e. The Kier molecular flexibility index (Phi) is 5.07. The van der Waals surface area contributed by atoms with Crippen molar-refractivity contribution in [1.29, 1.82) is 0 Å². The predicted molar refractivity (Wildman–Crippen MR) is 113 cm³/mol. The molecule has 0 atom stereocenters. The van der Waals surface area contributed by atoms with E-state index in [-0.39, 0.29) is 5.56 Å². The molecule has 0 radical (unpaired) electrons. The van der Waals surface area contributed by atoms with Crippen LogP contribution in [0.5, 0.6) is 0 Å². The van der Waals surface area contributed by atoms with Crippen LogP contribution in [0.2, 0.25) is 0 Å². The molecule has 28 heavy (non-hydrogen) atoms. The van der Waals surface area contributed by atoms with Gasteiger partial charge in [-0.3, -0.25) is 9.36 Å². The van der Waals surface area contributed by atoms with Crippen molar-refractivity contribution in [2.75, 3.05) is 0 Å². The SMILES string of the molecule is CCc1ccc(-c2noc(CSc3nc4sc(C)c(C)c4c(=O)n3C)n2)cc1. The average Bonchev–Trinajstić information content (AvgIpc) is 3.28. The lowest BCUT2D eigenvalue weighted by Gasteiger charge is -2.05. The van der Waals surface area contributed by atoms with Gasteiger partial charge in [0.1, 0.15) is 4.83 Å². The Morgan fingerprint density at radius 3 is 2.64 bits per heavy atom. The zero-order chi connectivity index (χ0) is 19.8. The van der Waals surface area contributed by atoms with Crippen LogP contribution in [0, 0.1) is 13.8 Å². The van der Waals surface area contributed by atoms with E-state index in [1.165, 1.54) is 17.3 Å². The highest BCUT2D eigenvalue weighted by Gasteiger charge is 2.16. The first kappa shape index (κ1) is 18.9. The highest BCUT2D eigenvalue weighted by molar-refractivity contribution is 7.98. The molecule has 0 aliphatic rings. The minimum atomic E-state index is -0.0171. The number of nitrogens with zero attached hydrogens (tertiary/aromatic N) is 4. The molecule has 1 aromatic carbocycles. The molecule has 0 N–H and O–H groups in total. The van der Waals surface area contributed by atoms with Crippen molar-refractivity contribution in [3.63, 3.8) is 0 Å². The Labute approximate surface area is 170 Å². The van der Waals surface area contributed by atoms with Gasteiger partial charge in [-0.05, 0) is 31.4 Å². The van der Waals surface area contributed by atoms with Gasteiger partial charge in [-0.1, -0.05) is 48.1 Å². The number of benzene rings is 1. The van der Waals surface area contributed by atoms with E-state index in [4.69, 9.17) is 4.52 Å². The minimum Gasteiger partial charge on any atom is -0.338 e. The molecule has 8 heteroatoms. The van der Waals surface area contributed by atoms with E-state index in [0.29, 0.717) is 28.0 Å². The standard InChI is InChI=1S/C20H20N4O2S2/c1-5-13-6-8-14(9-7-13)17-21-15(26-23-17)10-27-20-22-18-16(19(25)24(20)4)11(2)12(3)28-18/h6-9H,5,10H2,1-4H3. The van der Waals surface area contributed by atoms with Crippen molar-refractivity contribution in [2.24, 2.45) is 7.05 Å². The van der Waals surface area contributed by atoms with Crippen LogP contribution in [-0.4, -0.2) is 19.7 Å². The first-order valence-electron chi connectivity index (χ1n) is 8.99. The third-order valence-electron chi connectivity index (χ3n) is 4.78. The maximum atomic E-state index is 12.7. The first-order valence-corrected chi connectivity index (χ1v) is 10.8. The molecule has 0 unspecified atom stereocenters. The molecule has 0 spiro atoms. The van der Waals surface area contributed by atoms with Crippen LogP contribution in [0.3, 0.4) is 0 Å². The van der Waals surface area contributed by atoms with Gasteiger partial charge in [0.15, 0.2) is 5.16 Å². The van der Waals surface area contributed by atoms with Crippen LogP contribution in [0.1, 0.15) is 28.8 Å². The summed E-state index contributed by atoms with van der Waals surface area (Å²) in [6.45, 7) is 6.11. The molecular weight excluding hydrogens is 392 g/mol. The predicted octanol–water partition coefficient (Wildman–Crippen LogP) is 4.52. The Bertz CT molecular complexity index is 1210. The van der Waals surface area contributed by atoms with E-state index in [2.05, 4.69) is 34.2 Å². The Morgan fingerprint density at radius 2 is 1.93 bits per heavy atom. The lowest BCUT2D eigenvalue weighted by atomic mass is 10.1. The second-order valence-corrected chi connectivity index (χ2v) is 8.72. The Hall–Kier alpha value is -2.45. The summed E-state index contributed by atoms with van der Waals surface area (Å²) in [7, 11) is 1.75. The van der Waals surface area contributed by atoms with Gasteiger partial charge in [0.2, 0.25) is 11.7 Å². The molecule has 3 aromatic heterocycles. The molecule has 4 aromatic rings. The first-order chi connectivity index (χ1) is 13.5. The molecule has 144 valence electrons. The molecule has 0 aliphatic heterocycles. The van der Waals surface area contributed by atoms with E-state index in [1.54, 1.807) is 23.0 Å². The molecule has 0 amide bonds. The van der Waals surface area contributed by atoms with Gasteiger partial charge >= 0.3 is 0 Å². The van der Waals surface area contributed by atoms with Crippen LogP contribution >= 0.6 is 23.1 Å². The highest BCUT2D eigenvalue weighted by atomic mass is 32.2. The lowest BCUT2D eigenvalue weighted by molar-refractivity contribution is 0.391. The average molecular weight is 413 g/mol. The number of aromatic nitrogens is 4. The van der Waals surface area contributed by atoms with Crippen molar-refractivity contribution in [1.82, 2.24) is 19.7 Å². The molecule has 3 heterocycles. The molecule has 0 bridgehead atoms. The topological polar surface area (TPSA) is 73.8 Å². The summed E-state index contributed by atoms with van der Waals surface area (Å²) in [4.78, 5) is 23.7. The summed E-state index contributed by atoms with van der Waals surface area (Å²) in [5.74, 6) is 1.53. The fraction of sp³-hybridized carbons (Fsp3) is 0.300. The Balaban J connectivity index is 1.56. The minimum absolute atomic E-state index is 0.0171. The van der Waals surface area contributed by atoms with E-state index in [9.17, 15) is 4.79 Å². The van der Waals surface area contributed by atoms with Gasteiger partial charge < -0.3 is 4.52 Å². The number of hydrogen-bond acceptors (Lipinski definition) is 7. The van der Waals surface area contributed by atoms with Gasteiger partial charge in [0.05, 0.1) is 11.1 Å². The number of fused-ring (bicyclic) bond motifs is 1. The molecule has 0 fully saturated rings. The fourth-order valence-electron chi connectivity index (χ4n) is 2.93. The third kappa shape index (κ3) is 3.38. The fourth-order valence-corrected chi connectivity index (χ4v) is 4.81. The highest BCUT2D eigenvalue weighted by Crippen LogP contribution is 2.29. The van der Waals surface area contributed by atoms with Gasteiger partial charge in [0, 0.05) is 17.5 Å². The van der Waals surface area contributed by atoms with Crippen LogP contribution in [-0.2, 0) is 19.2 Å². The van der Waals surface area contributed by atoms with Crippen LogP contribution in [0.25, 0.3) is 21.6 Å². The zero-order valence-corrected chi connectivity index (χ0v) is 17.8. The van der Waals surface area contributed by atoms with Gasteiger partial charge in [-0.2, -0.15) is 4.98 Å². The van der Waals surface area contributed by atoms with Crippen molar-refractivity contribution < 1.29 is 4.52 Å². The van der Waals surface area contributed by atoms with Crippen LogP contribution in [0.4, 0.5) is 0 Å². The van der Waals surface area contributed by atoms with Crippen molar-refractivity contribution >= 4 is 33.3 Å². The van der Waals surface area contributed by atoms with Crippen molar-refractivity contribution in [3.8, 4) is 11.4 Å². The number of aryl methyl sites for hydroxylation is 3. The van der Waals surface area contributed by atoms with Gasteiger partial charge in [-0.15, -0.1) is 11.3 Å². The summed E-state index contributed by atoms with van der Waals surface area (Å²) in [6.07, 6.45) is 0.994. The zero-order valence-electron chi connectivity index (χ0n) is 16.1. The Morgan fingerprint density at radius 1 is 1.18 bits per heavy atom. The molecule has 0 saturated heterocycles. The quantitative estimate of drug-likeness (QED) is 0.354. The second-order valence-electron chi connectivity index (χ2n) is 6.57. The summed E-state index contributed by atoms with van der Waals surface area (Å²) in [6, 6.07) is 8.14. The summed E-state index contributed by atoms with van der Waals surface area (Å²) >= 11 is 2.97. The molecule has 6 nitrogen and oxygen atoms in total. The summed E-state index contributed by atoms with van der Waals surface area (Å²) < 4.78 is 6.97. The third-order valence-corrected chi connectivity index (χ3v) is 6.90. The van der Waals surface area contributed by atoms with E-state index in [1.807, 2.05) is 26.0 Å². The maximum absolute atomic E-state index is 12.7. The molecular formula is C20H20N4O2S2. The lowest BCUT2D eigenvalue weighted by Crippen LogP contribution is -2.19. The van der Waals surface area contributed by atoms with Gasteiger partial charge in [-0.25, -0.2) is 4.98 Å². The van der Waals surface area contributed by atoms with E-state index >= 15 is 0 Å². The van der Waals surface area contributed by atoms with Crippen LogP contribution < -0.4 is 5.56 Å². The number of thioether (sulfide) groups is 1. The molecule has 4 rings (SSSR count). The maximum Gasteiger partial charge on any atom is 0.262 e. The van der Waals surface area contributed by atoms with E-state index in [0.717, 1.165) is 27.3 Å².